The number of benzene rings is 1. The summed E-state index contributed by atoms with van der Waals surface area (Å²) < 4.78 is 10.4. The van der Waals surface area contributed by atoms with Crippen LogP contribution in [0.2, 0.25) is 0 Å². The number of rotatable bonds is 5. The van der Waals surface area contributed by atoms with Gasteiger partial charge in [0.15, 0.2) is 0 Å². The molecule has 1 heterocycles. The van der Waals surface area contributed by atoms with Gasteiger partial charge in [-0.1, -0.05) is 18.2 Å². The number of nitrogens with one attached hydrogen (secondary N) is 1. The van der Waals surface area contributed by atoms with E-state index in [0.717, 1.165) is 18.7 Å². The molecule has 1 unspecified atom stereocenters. The van der Waals surface area contributed by atoms with Gasteiger partial charge in [0, 0.05) is 18.2 Å². The monoisotopic (exact) mass is 235 g/mol. The first-order valence-electron chi connectivity index (χ1n) is 5.87. The van der Waals surface area contributed by atoms with Crippen molar-refractivity contribution in [1.82, 2.24) is 0 Å². The maximum Gasteiger partial charge on any atom is 0.325 e. The van der Waals surface area contributed by atoms with E-state index in [0.29, 0.717) is 19.1 Å². The lowest BCUT2D eigenvalue weighted by atomic mass is 10.1. The second-order valence-electron chi connectivity index (χ2n) is 4.13. The summed E-state index contributed by atoms with van der Waals surface area (Å²) in [6.07, 6.45) is 0.986. The summed E-state index contributed by atoms with van der Waals surface area (Å²) in [7, 11) is 0. The molecule has 0 spiro atoms. The van der Waals surface area contributed by atoms with Gasteiger partial charge >= 0.3 is 5.97 Å². The lowest BCUT2D eigenvalue weighted by Gasteiger charge is -2.10. The summed E-state index contributed by atoms with van der Waals surface area (Å²) in [6.45, 7) is 2.16. The van der Waals surface area contributed by atoms with Crippen molar-refractivity contribution in [3.63, 3.8) is 0 Å². The van der Waals surface area contributed by atoms with Gasteiger partial charge in [0.05, 0.1) is 13.2 Å². The summed E-state index contributed by atoms with van der Waals surface area (Å²) in [5.74, 6) is 0.149. The van der Waals surface area contributed by atoms with Crippen molar-refractivity contribution < 1.29 is 14.3 Å². The normalized spacial score (nSPS) is 18.9. The van der Waals surface area contributed by atoms with E-state index in [1.54, 1.807) is 0 Å². The number of anilines is 1. The summed E-state index contributed by atoms with van der Waals surface area (Å²) >= 11 is 0. The Labute approximate surface area is 101 Å². The molecule has 1 aliphatic rings. The summed E-state index contributed by atoms with van der Waals surface area (Å²) in [6, 6.07) is 9.60. The topological polar surface area (TPSA) is 47.6 Å². The average Bonchev–Trinajstić information content (AvgIpc) is 2.88. The zero-order valence-electron chi connectivity index (χ0n) is 9.72. The van der Waals surface area contributed by atoms with E-state index in [4.69, 9.17) is 9.47 Å². The van der Waals surface area contributed by atoms with E-state index in [1.165, 1.54) is 0 Å². The van der Waals surface area contributed by atoms with Crippen molar-refractivity contribution in [1.29, 1.82) is 0 Å². The average molecular weight is 235 g/mol. The van der Waals surface area contributed by atoms with Crippen molar-refractivity contribution in [3.8, 4) is 0 Å². The van der Waals surface area contributed by atoms with E-state index in [2.05, 4.69) is 5.32 Å². The minimum absolute atomic E-state index is 0.206. The first-order chi connectivity index (χ1) is 8.34. The number of carbonyl (C=O) groups excluding carboxylic acids is 1. The van der Waals surface area contributed by atoms with Gasteiger partial charge in [0.1, 0.15) is 6.54 Å². The molecule has 17 heavy (non-hydrogen) atoms. The summed E-state index contributed by atoms with van der Waals surface area (Å²) in [5.41, 5.74) is 0.925. The van der Waals surface area contributed by atoms with Gasteiger partial charge in [-0.3, -0.25) is 4.79 Å². The lowest BCUT2D eigenvalue weighted by molar-refractivity contribution is -0.142. The van der Waals surface area contributed by atoms with Crippen LogP contribution in [0.4, 0.5) is 5.69 Å². The fourth-order valence-electron chi connectivity index (χ4n) is 1.71. The van der Waals surface area contributed by atoms with Gasteiger partial charge in [-0.25, -0.2) is 0 Å². The second-order valence-corrected chi connectivity index (χ2v) is 4.13. The van der Waals surface area contributed by atoms with Crippen LogP contribution in [0.5, 0.6) is 0 Å². The van der Waals surface area contributed by atoms with Gasteiger partial charge < -0.3 is 14.8 Å². The molecule has 92 valence electrons. The zero-order valence-corrected chi connectivity index (χ0v) is 9.72. The number of hydrogen-bond acceptors (Lipinski definition) is 4. The molecule has 1 N–H and O–H groups in total. The van der Waals surface area contributed by atoms with Crippen LogP contribution in [0.15, 0.2) is 30.3 Å². The van der Waals surface area contributed by atoms with Crippen LogP contribution >= 0.6 is 0 Å². The van der Waals surface area contributed by atoms with Crippen LogP contribution in [0.3, 0.4) is 0 Å². The third-order valence-corrected chi connectivity index (χ3v) is 2.71. The quantitative estimate of drug-likeness (QED) is 0.789. The molecule has 1 aromatic rings. The van der Waals surface area contributed by atoms with Gasteiger partial charge in [-0.2, -0.15) is 0 Å². The highest BCUT2D eigenvalue weighted by molar-refractivity contribution is 5.74. The Bertz CT molecular complexity index is 347. The van der Waals surface area contributed by atoms with E-state index in [9.17, 15) is 4.79 Å². The molecule has 0 bridgehead atoms. The first-order valence-corrected chi connectivity index (χ1v) is 5.87. The molecule has 1 aromatic carbocycles. The van der Waals surface area contributed by atoms with Gasteiger partial charge in [-0.05, 0) is 18.6 Å². The predicted octanol–water partition coefficient (Wildman–Crippen LogP) is 1.68. The number of hydrogen-bond donors (Lipinski definition) is 1. The van der Waals surface area contributed by atoms with E-state index < -0.39 is 0 Å². The smallest absolute Gasteiger partial charge is 0.325 e. The van der Waals surface area contributed by atoms with Crippen LogP contribution in [0.25, 0.3) is 0 Å². The van der Waals surface area contributed by atoms with Crippen LogP contribution in [-0.4, -0.2) is 32.3 Å². The van der Waals surface area contributed by atoms with Crippen molar-refractivity contribution >= 4 is 11.7 Å². The Morgan fingerprint density at radius 1 is 1.41 bits per heavy atom. The molecule has 4 nitrogen and oxygen atoms in total. The van der Waals surface area contributed by atoms with Crippen molar-refractivity contribution in [3.05, 3.63) is 30.3 Å². The van der Waals surface area contributed by atoms with Gasteiger partial charge in [0.25, 0.3) is 0 Å². The Morgan fingerprint density at radius 2 is 2.24 bits per heavy atom. The second kappa shape index (κ2) is 6.25. The number of carbonyl (C=O) groups is 1. The third kappa shape index (κ3) is 4.07. The minimum atomic E-state index is -0.222. The largest absolute Gasteiger partial charge is 0.464 e. The van der Waals surface area contributed by atoms with Gasteiger partial charge in [-0.15, -0.1) is 0 Å². The Kier molecular flexibility index (Phi) is 4.38. The maximum absolute atomic E-state index is 11.4. The van der Waals surface area contributed by atoms with E-state index >= 15 is 0 Å². The number of para-hydroxylation sites is 1. The number of esters is 1. The summed E-state index contributed by atoms with van der Waals surface area (Å²) in [4.78, 5) is 11.4. The van der Waals surface area contributed by atoms with Crippen molar-refractivity contribution in [2.75, 3.05) is 31.7 Å². The van der Waals surface area contributed by atoms with Crippen LogP contribution < -0.4 is 5.32 Å². The molecule has 1 saturated heterocycles. The molecule has 1 atom stereocenters. The highest BCUT2D eigenvalue weighted by atomic mass is 16.5. The fraction of sp³-hybridized carbons (Fsp3) is 0.462. The van der Waals surface area contributed by atoms with E-state index in [-0.39, 0.29) is 12.5 Å². The molecule has 0 radical (unpaired) electrons. The highest BCUT2D eigenvalue weighted by Crippen LogP contribution is 2.12. The predicted molar refractivity (Wildman–Crippen MR) is 64.8 cm³/mol. The molecule has 2 rings (SSSR count). The van der Waals surface area contributed by atoms with Gasteiger partial charge in [0.2, 0.25) is 0 Å². The molecule has 0 saturated carbocycles. The molecule has 4 heteroatoms. The molecule has 1 aliphatic heterocycles. The van der Waals surface area contributed by atoms with Crippen LogP contribution in [-0.2, 0) is 14.3 Å². The Morgan fingerprint density at radius 3 is 2.94 bits per heavy atom. The minimum Gasteiger partial charge on any atom is -0.464 e. The zero-order chi connectivity index (χ0) is 11.9. The molecule has 0 aromatic heterocycles. The van der Waals surface area contributed by atoms with Crippen LogP contribution in [0.1, 0.15) is 6.42 Å². The Hall–Kier alpha value is -1.55. The number of ether oxygens (including phenoxy) is 2. The molecule has 0 amide bonds. The standard InChI is InChI=1S/C13H17NO3/c15-13(17-10-11-6-7-16-9-11)8-14-12-4-2-1-3-5-12/h1-5,11,14H,6-10H2. The molecule has 1 fully saturated rings. The van der Waals surface area contributed by atoms with Crippen LogP contribution in [0, 0.1) is 5.92 Å². The van der Waals surface area contributed by atoms with Crippen molar-refractivity contribution in [2.24, 2.45) is 5.92 Å². The van der Waals surface area contributed by atoms with E-state index in [1.807, 2.05) is 30.3 Å². The Balaban J connectivity index is 1.64. The highest BCUT2D eigenvalue weighted by Gasteiger charge is 2.17. The SMILES string of the molecule is O=C(CNc1ccccc1)OCC1CCOC1. The maximum atomic E-state index is 11.4. The lowest BCUT2D eigenvalue weighted by Crippen LogP contribution is -2.20. The summed E-state index contributed by atoms with van der Waals surface area (Å²) in [5, 5.41) is 3.01. The molecule has 0 aliphatic carbocycles. The molecular weight excluding hydrogens is 218 g/mol. The fourth-order valence-corrected chi connectivity index (χ4v) is 1.71. The third-order valence-electron chi connectivity index (χ3n) is 2.71. The van der Waals surface area contributed by atoms with Crippen molar-refractivity contribution in [2.45, 2.75) is 6.42 Å². The molecular formula is C13H17NO3. The first kappa shape index (κ1) is 11.9.